The number of benzene rings is 1. The molecule has 0 N–H and O–H groups in total. The summed E-state index contributed by atoms with van der Waals surface area (Å²) in [6, 6.07) is 5.25. The second kappa shape index (κ2) is 3.78. The maximum atomic E-state index is 13.1. The summed E-state index contributed by atoms with van der Waals surface area (Å²) in [6.07, 6.45) is 0.517. The quantitative estimate of drug-likeness (QED) is 0.759. The Morgan fingerprint density at radius 1 is 1.39 bits per heavy atom. The van der Waals surface area contributed by atoms with Gasteiger partial charge in [-0.2, -0.15) is 0 Å². The molecule has 96 valence electrons. The maximum absolute atomic E-state index is 13.1. The molecular formula is C12H12FNO3S. The Morgan fingerprint density at radius 2 is 2.17 bits per heavy atom. The fourth-order valence-electron chi connectivity index (χ4n) is 2.73. The Bertz CT molecular complexity index is 614. The van der Waals surface area contributed by atoms with E-state index in [0.29, 0.717) is 6.42 Å². The van der Waals surface area contributed by atoms with Crippen molar-refractivity contribution in [2.45, 2.75) is 17.7 Å². The third-order valence-corrected chi connectivity index (χ3v) is 5.85. The van der Waals surface area contributed by atoms with Gasteiger partial charge in [-0.15, -0.1) is 0 Å². The van der Waals surface area contributed by atoms with Crippen LogP contribution in [-0.4, -0.2) is 42.8 Å². The molecule has 0 aliphatic carbocycles. The number of amides is 1. The van der Waals surface area contributed by atoms with Crippen molar-refractivity contribution in [1.29, 1.82) is 0 Å². The van der Waals surface area contributed by atoms with Crippen molar-refractivity contribution >= 4 is 15.7 Å². The molecule has 0 aromatic heterocycles. The van der Waals surface area contributed by atoms with Gasteiger partial charge in [0.25, 0.3) is 5.91 Å². The molecular weight excluding hydrogens is 257 g/mol. The predicted molar refractivity (Wildman–Crippen MR) is 63.4 cm³/mol. The summed E-state index contributed by atoms with van der Waals surface area (Å²) in [6.45, 7) is 0.238. The number of likely N-dealkylation sites (tertiary alicyclic amines) is 1. The number of sulfone groups is 1. The van der Waals surface area contributed by atoms with Crippen molar-refractivity contribution in [2.24, 2.45) is 0 Å². The van der Waals surface area contributed by atoms with Crippen LogP contribution in [0, 0.1) is 5.82 Å². The zero-order chi connectivity index (χ0) is 12.9. The summed E-state index contributed by atoms with van der Waals surface area (Å²) in [4.78, 5) is 13.7. The van der Waals surface area contributed by atoms with Crippen molar-refractivity contribution in [2.75, 3.05) is 12.3 Å². The number of rotatable bonds is 1. The van der Waals surface area contributed by atoms with Gasteiger partial charge in [0.1, 0.15) is 5.82 Å². The second-order valence-corrected chi connectivity index (χ2v) is 7.13. The molecule has 2 heterocycles. The topological polar surface area (TPSA) is 54.5 Å². The minimum absolute atomic E-state index is 0.0404. The van der Waals surface area contributed by atoms with Crippen LogP contribution in [0.15, 0.2) is 24.3 Å². The SMILES string of the molecule is O=C(c1cccc(F)c1)N1CC2CC1CS2(=O)=O. The summed E-state index contributed by atoms with van der Waals surface area (Å²) in [5, 5.41) is -0.431. The average molecular weight is 269 g/mol. The van der Waals surface area contributed by atoms with Crippen LogP contribution < -0.4 is 0 Å². The highest BCUT2D eigenvalue weighted by molar-refractivity contribution is 7.92. The number of hydrogen-bond donors (Lipinski definition) is 0. The Morgan fingerprint density at radius 3 is 2.72 bits per heavy atom. The van der Waals surface area contributed by atoms with Crippen LogP contribution in [0.2, 0.25) is 0 Å². The minimum atomic E-state index is -3.01. The van der Waals surface area contributed by atoms with Crippen molar-refractivity contribution in [1.82, 2.24) is 4.90 Å². The maximum Gasteiger partial charge on any atom is 0.254 e. The molecule has 2 atom stereocenters. The van der Waals surface area contributed by atoms with Crippen molar-refractivity contribution in [3.05, 3.63) is 35.6 Å². The van der Waals surface area contributed by atoms with Crippen LogP contribution >= 0.6 is 0 Å². The summed E-state index contributed by atoms with van der Waals surface area (Å²) < 4.78 is 36.2. The van der Waals surface area contributed by atoms with E-state index in [-0.39, 0.29) is 29.8 Å². The Balaban J connectivity index is 1.85. The molecule has 0 radical (unpaired) electrons. The summed E-state index contributed by atoms with van der Waals surface area (Å²) in [5.74, 6) is -0.701. The van der Waals surface area contributed by atoms with E-state index in [4.69, 9.17) is 0 Å². The minimum Gasteiger partial charge on any atom is -0.333 e. The van der Waals surface area contributed by atoms with Gasteiger partial charge in [-0.25, -0.2) is 12.8 Å². The lowest BCUT2D eigenvalue weighted by molar-refractivity contribution is 0.0745. The van der Waals surface area contributed by atoms with E-state index in [0.717, 1.165) is 0 Å². The number of carbonyl (C=O) groups is 1. The summed E-state index contributed by atoms with van der Waals surface area (Å²) in [7, 11) is -3.01. The van der Waals surface area contributed by atoms with E-state index < -0.39 is 20.9 Å². The number of nitrogens with zero attached hydrogens (tertiary/aromatic N) is 1. The smallest absolute Gasteiger partial charge is 0.254 e. The van der Waals surface area contributed by atoms with Gasteiger partial charge in [-0.05, 0) is 24.6 Å². The van der Waals surface area contributed by atoms with Crippen LogP contribution in [0.1, 0.15) is 16.8 Å². The van der Waals surface area contributed by atoms with Gasteiger partial charge in [-0.1, -0.05) is 6.07 Å². The Hall–Kier alpha value is -1.43. The molecule has 2 aliphatic rings. The van der Waals surface area contributed by atoms with Gasteiger partial charge < -0.3 is 4.90 Å². The molecule has 2 saturated heterocycles. The molecule has 3 rings (SSSR count). The molecule has 18 heavy (non-hydrogen) atoms. The first-order valence-corrected chi connectivity index (χ1v) is 7.47. The first-order chi connectivity index (χ1) is 8.47. The lowest BCUT2D eigenvalue weighted by Gasteiger charge is -2.26. The number of fused-ring (bicyclic) bond motifs is 2. The molecule has 1 aromatic carbocycles. The largest absolute Gasteiger partial charge is 0.333 e. The van der Waals surface area contributed by atoms with Crippen LogP contribution in [0.25, 0.3) is 0 Å². The van der Waals surface area contributed by atoms with Crippen molar-refractivity contribution in [3.8, 4) is 0 Å². The van der Waals surface area contributed by atoms with E-state index in [1.807, 2.05) is 0 Å². The number of carbonyl (C=O) groups excluding carboxylic acids is 1. The summed E-state index contributed by atoms with van der Waals surface area (Å²) >= 11 is 0. The van der Waals surface area contributed by atoms with E-state index in [1.165, 1.54) is 18.2 Å². The van der Waals surface area contributed by atoms with E-state index >= 15 is 0 Å². The second-order valence-electron chi connectivity index (χ2n) is 4.81. The lowest BCUT2D eigenvalue weighted by Crippen LogP contribution is -2.44. The molecule has 1 amide bonds. The standard InChI is InChI=1S/C12H12FNO3S/c13-9-3-1-2-8(4-9)12(15)14-6-11-5-10(14)7-18(11,16)17/h1-4,10-11H,5-7H2. The highest BCUT2D eigenvalue weighted by Gasteiger charge is 2.50. The fraction of sp³-hybridized carbons (Fsp3) is 0.417. The van der Waals surface area contributed by atoms with E-state index in [9.17, 15) is 17.6 Å². The van der Waals surface area contributed by atoms with Crippen LogP contribution in [0.4, 0.5) is 4.39 Å². The Kier molecular flexibility index (Phi) is 2.45. The number of hydrogen-bond acceptors (Lipinski definition) is 3. The van der Waals surface area contributed by atoms with Crippen molar-refractivity contribution < 1.29 is 17.6 Å². The van der Waals surface area contributed by atoms with Crippen molar-refractivity contribution in [3.63, 3.8) is 0 Å². The first-order valence-electron chi connectivity index (χ1n) is 5.75. The monoisotopic (exact) mass is 269 g/mol. The molecule has 6 heteroatoms. The van der Waals surface area contributed by atoms with Crippen LogP contribution in [-0.2, 0) is 9.84 Å². The van der Waals surface area contributed by atoms with Crippen LogP contribution in [0.3, 0.4) is 0 Å². The highest BCUT2D eigenvalue weighted by Crippen LogP contribution is 2.33. The molecule has 2 bridgehead atoms. The van der Waals surface area contributed by atoms with E-state index in [1.54, 1.807) is 11.0 Å². The molecule has 0 saturated carbocycles. The summed E-state index contributed by atoms with van der Waals surface area (Å²) in [5.41, 5.74) is 0.278. The van der Waals surface area contributed by atoms with Crippen LogP contribution in [0.5, 0.6) is 0 Å². The van der Waals surface area contributed by atoms with E-state index in [2.05, 4.69) is 0 Å². The first kappa shape index (κ1) is 11.6. The highest BCUT2D eigenvalue weighted by atomic mass is 32.2. The zero-order valence-electron chi connectivity index (χ0n) is 9.54. The molecule has 1 aromatic rings. The molecule has 2 aliphatic heterocycles. The van der Waals surface area contributed by atoms with Gasteiger partial charge >= 0.3 is 0 Å². The third-order valence-electron chi connectivity index (χ3n) is 3.64. The normalized spacial score (nSPS) is 28.6. The predicted octanol–water partition coefficient (Wildman–Crippen LogP) is 0.837. The number of halogens is 1. The zero-order valence-corrected chi connectivity index (χ0v) is 10.4. The molecule has 4 nitrogen and oxygen atoms in total. The Labute approximate surface area is 104 Å². The average Bonchev–Trinajstić information content (AvgIpc) is 2.83. The van der Waals surface area contributed by atoms with Gasteiger partial charge in [-0.3, -0.25) is 4.79 Å². The van der Waals surface area contributed by atoms with Gasteiger partial charge in [0, 0.05) is 18.2 Å². The molecule has 0 spiro atoms. The van der Waals surface area contributed by atoms with Gasteiger partial charge in [0.2, 0.25) is 0 Å². The molecule has 2 fully saturated rings. The third kappa shape index (κ3) is 1.71. The van der Waals surface area contributed by atoms with Gasteiger partial charge in [0.15, 0.2) is 9.84 Å². The lowest BCUT2D eigenvalue weighted by atomic mass is 10.2. The van der Waals surface area contributed by atoms with Gasteiger partial charge in [0.05, 0.1) is 11.0 Å². The molecule has 2 unspecified atom stereocenters. The fourth-order valence-corrected chi connectivity index (χ4v) is 4.76.